The number of piperidine rings is 2. The van der Waals surface area contributed by atoms with Crippen LogP contribution in [0.3, 0.4) is 0 Å². The van der Waals surface area contributed by atoms with Gasteiger partial charge in [-0.2, -0.15) is 0 Å². The molecule has 6 aliphatic rings. The van der Waals surface area contributed by atoms with E-state index in [0.717, 1.165) is 49.2 Å². The van der Waals surface area contributed by atoms with Crippen molar-refractivity contribution in [1.29, 1.82) is 0 Å². The van der Waals surface area contributed by atoms with E-state index in [1.54, 1.807) is 6.07 Å². The maximum atomic E-state index is 12.8. The van der Waals surface area contributed by atoms with Gasteiger partial charge in [-0.25, -0.2) is 0 Å². The van der Waals surface area contributed by atoms with Crippen molar-refractivity contribution in [1.82, 2.24) is 10.2 Å². The third kappa shape index (κ3) is 4.97. The zero-order chi connectivity index (χ0) is 25.4. The number of nitrogens with one attached hydrogen (secondary N) is 1. The Hall–Kier alpha value is -2.59. The van der Waals surface area contributed by atoms with E-state index >= 15 is 0 Å². The van der Waals surface area contributed by atoms with Gasteiger partial charge in [0.1, 0.15) is 5.75 Å². The number of carbonyl (C=O) groups is 1. The highest BCUT2D eigenvalue weighted by Crippen LogP contribution is 2.53. The molecule has 196 valence electrons. The Morgan fingerprint density at radius 3 is 2.54 bits per heavy atom. The van der Waals surface area contributed by atoms with E-state index in [2.05, 4.69) is 41.1 Å². The molecule has 6 fully saturated rings. The van der Waals surface area contributed by atoms with Gasteiger partial charge in [0.25, 0.3) is 5.91 Å². The van der Waals surface area contributed by atoms with Crippen molar-refractivity contribution in [2.45, 2.75) is 88.3 Å². The Labute approximate surface area is 222 Å². The summed E-state index contributed by atoms with van der Waals surface area (Å²) in [7, 11) is 0. The number of aromatic hydroxyl groups is 1. The highest BCUT2D eigenvalue weighted by atomic mass is 16.3. The van der Waals surface area contributed by atoms with Crippen molar-refractivity contribution in [3.8, 4) is 5.75 Å². The van der Waals surface area contributed by atoms with Gasteiger partial charge in [0.15, 0.2) is 0 Å². The number of phenolic OH excluding ortho intramolecular Hbond substituents is 1. The first-order valence-electron chi connectivity index (χ1n) is 14.7. The van der Waals surface area contributed by atoms with Crippen LogP contribution in [-0.4, -0.2) is 40.6 Å². The minimum atomic E-state index is 0.0482. The molecule has 3 aliphatic heterocycles. The number of rotatable bonds is 8. The topological polar surface area (TPSA) is 52.6 Å². The molecule has 6 atom stereocenters. The predicted molar refractivity (Wildman–Crippen MR) is 149 cm³/mol. The second-order valence-electron chi connectivity index (χ2n) is 12.2. The first-order chi connectivity index (χ1) is 18.1. The molecule has 2 aromatic carbocycles. The normalized spacial score (nSPS) is 30.2. The third-order valence-corrected chi connectivity index (χ3v) is 10.1. The van der Waals surface area contributed by atoms with E-state index in [0.29, 0.717) is 23.8 Å². The molecule has 2 N–H and O–H groups in total. The number of nitrogens with zero attached hydrogens (tertiary/aromatic N) is 1. The fraction of sp³-hybridized carbons (Fsp3) is 0.545. The SMILES string of the molecule is C=CCN1C2CCC3C(CC(c4ccc(C(=O)NC5CCCC5)cc4)c4cccc(O)c4)CC2CCC31. The molecule has 37 heavy (non-hydrogen) atoms. The van der Waals surface area contributed by atoms with Crippen LogP contribution in [0.1, 0.15) is 91.6 Å². The first kappa shape index (κ1) is 24.7. The summed E-state index contributed by atoms with van der Waals surface area (Å²) in [6.07, 6.45) is 14.5. The summed E-state index contributed by atoms with van der Waals surface area (Å²) in [5, 5.41) is 13.6. The van der Waals surface area contributed by atoms with Crippen LogP contribution < -0.4 is 5.32 Å². The Bertz CT molecular complexity index is 1110. The largest absolute Gasteiger partial charge is 0.508 e. The lowest BCUT2D eigenvalue weighted by Crippen LogP contribution is -2.55. The van der Waals surface area contributed by atoms with Gasteiger partial charge >= 0.3 is 0 Å². The summed E-state index contributed by atoms with van der Waals surface area (Å²) in [6, 6.07) is 17.9. The first-order valence-corrected chi connectivity index (χ1v) is 14.7. The van der Waals surface area contributed by atoms with E-state index in [1.807, 2.05) is 24.3 Å². The average molecular weight is 499 g/mol. The second-order valence-corrected chi connectivity index (χ2v) is 12.2. The molecule has 0 radical (unpaired) electrons. The van der Waals surface area contributed by atoms with Gasteiger partial charge in [-0.3, -0.25) is 9.69 Å². The van der Waals surface area contributed by atoms with Crippen LogP contribution in [0, 0.1) is 17.8 Å². The highest BCUT2D eigenvalue weighted by molar-refractivity contribution is 5.94. The van der Waals surface area contributed by atoms with Crippen molar-refractivity contribution in [3.63, 3.8) is 0 Å². The smallest absolute Gasteiger partial charge is 0.251 e. The lowest BCUT2D eigenvalue weighted by atomic mass is 9.73. The number of hydrogen-bond donors (Lipinski definition) is 2. The number of amides is 1. The molecule has 4 nitrogen and oxygen atoms in total. The summed E-state index contributed by atoms with van der Waals surface area (Å²) < 4.78 is 0. The quantitative estimate of drug-likeness (QED) is 0.401. The molecular weight excluding hydrogens is 456 g/mol. The number of benzene rings is 2. The van der Waals surface area contributed by atoms with Crippen molar-refractivity contribution in [2.24, 2.45) is 17.8 Å². The van der Waals surface area contributed by atoms with Gasteiger partial charge in [0.05, 0.1) is 0 Å². The third-order valence-electron chi connectivity index (χ3n) is 10.1. The average Bonchev–Trinajstić information content (AvgIpc) is 3.22. The molecule has 4 heteroatoms. The van der Waals surface area contributed by atoms with Crippen LogP contribution in [-0.2, 0) is 0 Å². The van der Waals surface area contributed by atoms with Gasteiger partial charge in [-0.1, -0.05) is 43.2 Å². The molecule has 0 spiro atoms. The second kappa shape index (κ2) is 10.6. The van der Waals surface area contributed by atoms with Crippen LogP contribution in [0.15, 0.2) is 61.2 Å². The number of hydrogen-bond acceptors (Lipinski definition) is 3. The van der Waals surface area contributed by atoms with Gasteiger partial charge in [0, 0.05) is 36.2 Å². The maximum absolute atomic E-state index is 12.8. The Morgan fingerprint density at radius 1 is 1.00 bits per heavy atom. The van der Waals surface area contributed by atoms with E-state index in [4.69, 9.17) is 0 Å². The zero-order valence-corrected chi connectivity index (χ0v) is 22.0. The molecule has 8 rings (SSSR count). The number of carbonyl (C=O) groups excluding carboxylic acids is 1. The summed E-state index contributed by atoms with van der Waals surface area (Å²) in [5.41, 5.74) is 3.17. The van der Waals surface area contributed by atoms with Gasteiger partial charge in [-0.15, -0.1) is 6.58 Å². The van der Waals surface area contributed by atoms with Crippen molar-refractivity contribution in [3.05, 3.63) is 77.9 Å². The van der Waals surface area contributed by atoms with Gasteiger partial charge in [0.2, 0.25) is 0 Å². The maximum Gasteiger partial charge on any atom is 0.251 e. The summed E-state index contributed by atoms with van der Waals surface area (Å²) in [4.78, 5) is 15.6. The minimum absolute atomic E-state index is 0.0482. The van der Waals surface area contributed by atoms with Crippen LogP contribution >= 0.6 is 0 Å². The summed E-state index contributed by atoms with van der Waals surface area (Å²) in [5.74, 6) is 2.80. The molecule has 1 amide bonds. The van der Waals surface area contributed by atoms with Gasteiger partial charge < -0.3 is 10.4 Å². The molecule has 3 saturated heterocycles. The number of fused-ring (bicyclic) bond motifs is 2. The van der Waals surface area contributed by atoms with Crippen LogP contribution in [0.4, 0.5) is 0 Å². The molecule has 0 aromatic heterocycles. The van der Waals surface area contributed by atoms with E-state index < -0.39 is 0 Å². The Balaban J connectivity index is 1.26. The van der Waals surface area contributed by atoms with Crippen molar-refractivity contribution < 1.29 is 9.90 Å². The van der Waals surface area contributed by atoms with Crippen LogP contribution in [0.25, 0.3) is 0 Å². The van der Waals surface area contributed by atoms with Gasteiger partial charge in [-0.05, 0) is 105 Å². The molecular formula is C33H42N2O2. The van der Waals surface area contributed by atoms with Crippen LogP contribution in [0.5, 0.6) is 5.75 Å². The molecule has 6 unspecified atom stereocenters. The minimum Gasteiger partial charge on any atom is -0.508 e. The zero-order valence-electron chi connectivity index (χ0n) is 22.0. The standard InChI is InChI=1S/C33H42N2O2/c1-2-18-35-31-17-15-29-26(19-25(31)14-16-32(29)35)21-30(24-6-5-9-28(36)20-24)22-10-12-23(13-11-22)33(37)34-27-7-3-4-8-27/h2,5-6,9-13,20,25-27,29-32,36H,1,3-4,7-8,14-19,21H2,(H,34,37). The predicted octanol–water partition coefficient (Wildman–Crippen LogP) is 6.65. The van der Waals surface area contributed by atoms with Crippen molar-refractivity contribution in [2.75, 3.05) is 6.54 Å². The molecule has 3 saturated carbocycles. The molecule has 2 aromatic rings. The van der Waals surface area contributed by atoms with E-state index in [-0.39, 0.29) is 11.8 Å². The highest BCUT2D eigenvalue weighted by Gasteiger charge is 2.50. The Morgan fingerprint density at radius 2 is 1.78 bits per heavy atom. The fourth-order valence-electron chi connectivity index (χ4n) is 8.47. The summed E-state index contributed by atoms with van der Waals surface area (Å²) in [6.45, 7) is 5.08. The number of phenols is 1. The molecule has 3 heterocycles. The Kier molecular flexibility index (Phi) is 7.12. The monoisotopic (exact) mass is 498 g/mol. The van der Waals surface area contributed by atoms with Crippen molar-refractivity contribution >= 4 is 5.91 Å². The van der Waals surface area contributed by atoms with Crippen LogP contribution in [0.2, 0.25) is 0 Å². The van der Waals surface area contributed by atoms with E-state index in [1.165, 1.54) is 56.1 Å². The fourth-order valence-corrected chi connectivity index (χ4v) is 8.47. The molecule has 4 bridgehead atoms. The lowest BCUT2D eigenvalue weighted by molar-refractivity contribution is -0.000972. The van der Waals surface area contributed by atoms with E-state index in [9.17, 15) is 9.90 Å². The molecule has 3 aliphatic carbocycles. The summed E-state index contributed by atoms with van der Waals surface area (Å²) >= 11 is 0. The lowest BCUT2D eigenvalue weighted by Gasteiger charge is -2.50.